The first-order valence-electron chi connectivity index (χ1n) is 7.27. The fourth-order valence-electron chi connectivity index (χ4n) is 2.39. The predicted molar refractivity (Wildman–Crippen MR) is 87.6 cm³/mol. The van der Waals surface area contributed by atoms with E-state index < -0.39 is 0 Å². The van der Waals surface area contributed by atoms with Crippen LogP contribution in [-0.4, -0.2) is 24.4 Å². The van der Waals surface area contributed by atoms with Crippen LogP contribution in [-0.2, 0) is 6.54 Å². The van der Waals surface area contributed by atoms with Gasteiger partial charge >= 0.3 is 0 Å². The average Bonchev–Trinajstić information content (AvgIpc) is 2.53. The zero-order valence-electron chi connectivity index (χ0n) is 12.9. The van der Waals surface area contributed by atoms with Crippen LogP contribution in [0.2, 0.25) is 0 Å². The van der Waals surface area contributed by atoms with Crippen molar-refractivity contribution in [2.24, 2.45) is 0 Å². The molecule has 3 heteroatoms. The summed E-state index contributed by atoms with van der Waals surface area (Å²) in [5.41, 5.74) is 4.03. The number of nitrogens with one attached hydrogen (secondary N) is 1. The van der Waals surface area contributed by atoms with Gasteiger partial charge in [0.2, 0.25) is 0 Å². The highest BCUT2D eigenvalue weighted by atomic mass is 16.2. The van der Waals surface area contributed by atoms with Gasteiger partial charge in [0.1, 0.15) is 0 Å². The van der Waals surface area contributed by atoms with Gasteiger partial charge in [0.25, 0.3) is 5.91 Å². The lowest BCUT2D eigenvalue weighted by Crippen LogP contribution is -2.30. The highest BCUT2D eigenvalue weighted by molar-refractivity contribution is 5.94. The monoisotopic (exact) mass is 282 g/mol. The average molecular weight is 282 g/mol. The SMILES string of the molecule is CCN(Cc1ccccc1)C(=O)c1ccc(NC)c(C)c1. The number of hydrogen-bond acceptors (Lipinski definition) is 2. The topological polar surface area (TPSA) is 32.3 Å². The van der Waals surface area contributed by atoms with E-state index in [0.717, 1.165) is 22.4 Å². The van der Waals surface area contributed by atoms with Gasteiger partial charge in [-0.15, -0.1) is 0 Å². The summed E-state index contributed by atoms with van der Waals surface area (Å²) in [6, 6.07) is 15.9. The maximum atomic E-state index is 12.6. The number of carbonyl (C=O) groups is 1. The summed E-state index contributed by atoms with van der Waals surface area (Å²) < 4.78 is 0. The maximum absolute atomic E-state index is 12.6. The first-order chi connectivity index (χ1) is 10.2. The van der Waals surface area contributed by atoms with E-state index >= 15 is 0 Å². The van der Waals surface area contributed by atoms with Gasteiger partial charge in [-0.25, -0.2) is 0 Å². The van der Waals surface area contributed by atoms with Crippen molar-refractivity contribution in [3.05, 3.63) is 65.2 Å². The number of hydrogen-bond donors (Lipinski definition) is 1. The molecule has 0 spiro atoms. The molecule has 0 saturated heterocycles. The molecule has 0 aliphatic rings. The van der Waals surface area contributed by atoms with Gasteiger partial charge < -0.3 is 10.2 Å². The Morgan fingerprint density at radius 1 is 1.14 bits per heavy atom. The normalized spacial score (nSPS) is 10.2. The third-order valence-corrected chi connectivity index (χ3v) is 3.63. The molecule has 0 saturated carbocycles. The minimum absolute atomic E-state index is 0.0760. The number of aryl methyl sites for hydroxylation is 1. The van der Waals surface area contributed by atoms with E-state index in [9.17, 15) is 4.79 Å². The van der Waals surface area contributed by atoms with Crippen molar-refractivity contribution in [1.29, 1.82) is 0 Å². The number of carbonyl (C=O) groups excluding carboxylic acids is 1. The van der Waals surface area contributed by atoms with Crippen LogP contribution in [0.3, 0.4) is 0 Å². The standard InChI is InChI=1S/C18H22N2O/c1-4-20(13-15-8-6-5-7-9-15)18(21)16-10-11-17(19-3)14(2)12-16/h5-12,19H,4,13H2,1-3H3. The fourth-order valence-corrected chi connectivity index (χ4v) is 2.39. The number of rotatable bonds is 5. The summed E-state index contributed by atoms with van der Waals surface area (Å²) in [5, 5.41) is 3.12. The Labute approximate surface area is 126 Å². The smallest absolute Gasteiger partial charge is 0.254 e. The predicted octanol–water partition coefficient (Wildman–Crippen LogP) is 3.70. The van der Waals surface area contributed by atoms with E-state index in [2.05, 4.69) is 5.32 Å². The molecule has 110 valence electrons. The largest absolute Gasteiger partial charge is 0.388 e. The Kier molecular flexibility index (Phi) is 4.99. The van der Waals surface area contributed by atoms with E-state index in [1.165, 1.54) is 0 Å². The van der Waals surface area contributed by atoms with Gasteiger partial charge in [-0.1, -0.05) is 30.3 Å². The van der Waals surface area contributed by atoms with Crippen molar-refractivity contribution in [1.82, 2.24) is 4.90 Å². The van der Waals surface area contributed by atoms with Gasteiger partial charge in [0, 0.05) is 31.4 Å². The summed E-state index contributed by atoms with van der Waals surface area (Å²) >= 11 is 0. The van der Waals surface area contributed by atoms with Crippen LogP contribution >= 0.6 is 0 Å². The molecule has 2 rings (SSSR count). The molecule has 3 nitrogen and oxygen atoms in total. The van der Waals surface area contributed by atoms with E-state index in [1.54, 1.807) is 0 Å². The molecule has 2 aromatic carbocycles. The Morgan fingerprint density at radius 2 is 1.86 bits per heavy atom. The third-order valence-electron chi connectivity index (χ3n) is 3.63. The van der Waals surface area contributed by atoms with Gasteiger partial charge in [-0.05, 0) is 43.2 Å². The molecule has 0 heterocycles. The van der Waals surface area contributed by atoms with Crippen molar-refractivity contribution in [2.75, 3.05) is 18.9 Å². The summed E-state index contributed by atoms with van der Waals surface area (Å²) in [4.78, 5) is 14.5. The summed E-state index contributed by atoms with van der Waals surface area (Å²) in [6.07, 6.45) is 0. The van der Waals surface area contributed by atoms with E-state index in [0.29, 0.717) is 13.1 Å². The van der Waals surface area contributed by atoms with E-state index in [4.69, 9.17) is 0 Å². The molecule has 1 amide bonds. The minimum Gasteiger partial charge on any atom is -0.388 e. The Morgan fingerprint density at radius 3 is 2.43 bits per heavy atom. The maximum Gasteiger partial charge on any atom is 0.254 e. The molecule has 0 aliphatic heterocycles. The van der Waals surface area contributed by atoms with Crippen molar-refractivity contribution < 1.29 is 4.79 Å². The zero-order valence-corrected chi connectivity index (χ0v) is 12.9. The molecular weight excluding hydrogens is 260 g/mol. The molecule has 1 N–H and O–H groups in total. The lowest BCUT2D eigenvalue weighted by atomic mass is 10.1. The summed E-state index contributed by atoms with van der Waals surface area (Å²) in [7, 11) is 1.89. The molecule has 0 atom stereocenters. The number of anilines is 1. The minimum atomic E-state index is 0.0760. The van der Waals surface area contributed by atoms with Gasteiger partial charge in [0.15, 0.2) is 0 Å². The number of benzene rings is 2. The zero-order chi connectivity index (χ0) is 15.2. The summed E-state index contributed by atoms with van der Waals surface area (Å²) in [6.45, 7) is 5.36. The van der Waals surface area contributed by atoms with Crippen LogP contribution in [0.1, 0.15) is 28.4 Å². The molecule has 0 bridgehead atoms. The fraction of sp³-hybridized carbons (Fsp3) is 0.278. The molecule has 2 aromatic rings. The second-order valence-electron chi connectivity index (χ2n) is 5.08. The highest BCUT2D eigenvalue weighted by Crippen LogP contribution is 2.18. The van der Waals surface area contributed by atoms with E-state index in [-0.39, 0.29) is 5.91 Å². The van der Waals surface area contributed by atoms with Crippen molar-refractivity contribution >= 4 is 11.6 Å². The van der Waals surface area contributed by atoms with Crippen LogP contribution in [0, 0.1) is 6.92 Å². The van der Waals surface area contributed by atoms with Crippen LogP contribution in [0.15, 0.2) is 48.5 Å². The second-order valence-corrected chi connectivity index (χ2v) is 5.08. The molecule has 0 fully saturated rings. The molecule has 0 unspecified atom stereocenters. The quantitative estimate of drug-likeness (QED) is 0.907. The van der Waals surface area contributed by atoms with Crippen molar-refractivity contribution in [3.8, 4) is 0 Å². The van der Waals surface area contributed by atoms with Crippen LogP contribution in [0.5, 0.6) is 0 Å². The molecular formula is C18H22N2O. The molecule has 21 heavy (non-hydrogen) atoms. The van der Waals surface area contributed by atoms with Gasteiger partial charge in [-0.2, -0.15) is 0 Å². The van der Waals surface area contributed by atoms with E-state index in [1.807, 2.05) is 74.3 Å². The van der Waals surface area contributed by atoms with Crippen molar-refractivity contribution in [3.63, 3.8) is 0 Å². The highest BCUT2D eigenvalue weighted by Gasteiger charge is 2.15. The lowest BCUT2D eigenvalue weighted by molar-refractivity contribution is 0.0752. The molecule has 0 radical (unpaired) electrons. The van der Waals surface area contributed by atoms with Crippen LogP contribution in [0.25, 0.3) is 0 Å². The number of amides is 1. The van der Waals surface area contributed by atoms with Gasteiger partial charge in [0.05, 0.1) is 0 Å². The molecule has 0 aliphatic carbocycles. The first kappa shape index (κ1) is 15.1. The number of nitrogens with zero attached hydrogens (tertiary/aromatic N) is 1. The van der Waals surface area contributed by atoms with Crippen LogP contribution in [0.4, 0.5) is 5.69 Å². The Hall–Kier alpha value is -2.29. The molecule has 0 aromatic heterocycles. The lowest BCUT2D eigenvalue weighted by Gasteiger charge is -2.21. The summed E-state index contributed by atoms with van der Waals surface area (Å²) in [5.74, 6) is 0.0760. The Bertz CT molecular complexity index is 608. The van der Waals surface area contributed by atoms with Crippen molar-refractivity contribution in [2.45, 2.75) is 20.4 Å². The third kappa shape index (κ3) is 3.63. The first-order valence-corrected chi connectivity index (χ1v) is 7.27. The second kappa shape index (κ2) is 6.93. The Balaban J connectivity index is 2.18. The van der Waals surface area contributed by atoms with Gasteiger partial charge in [-0.3, -0.25) is 4.79 Å². The van der Waals surface area contributed by atoms with Crippen LogP contribution < -0.4 is 5.32 Å².